The maximum atomic E-state index is 5.31. The predicted molar refractivity (Wildman–Crippen MR) is 63.3 cm³/mol. The quantitative estimate of drug-likeness (QED) is 0.752. The zero-order chi connectivity index (χ0) is 11.1. The Hall–Kier alpha value is -1.51. The van der Waals surface area contributed by atoms with Crippen molar-refractivity contribution in [3.05, 3.63) is 29.8 Å². The Morgan fingerprint density at radius 2 is 2.27 bits per heavy atom. The SMILES string of the molecule is CCOc1cccc(NCC=C(C)C)n1. The summed E-state index contributed by atoms with van der Waals surface area (Å²) in [4.78, 5) is 4.30. The van der Waals surface area contributed by atoms with Gasteiger partial charge in [-0.05, 0) is 26.8 Å². The van der Waals surface area contributed by atoms with Gasteiger partial charge in [-0.25, -0.2) is 0 Å². The highest BCUT2D eigenvalue weighted by Gasteiger charge is 1.95. The molecule has 15 heavy (non-hydrogen) atoms. The van der Waals surface area contributed by atoms with E-state index in [2.05, 4.69) is 30.2 Å². The maximum absolute atomic E-state index is 5.31. The van der Waals surface area contributed by atoms with Gasteiger partial charge in [-0.2, -0.15) is 4.98 Å². The number of anilines is 1. The van der Waals surface area contributed by atoms with Crippen molar-refractivity contribution in [2.75, 3.05) is 18.5 Å². The first-order chi connectivity index (χ1) is 7.22. The van der Waals surface area contributed by atoms with Gasteiger partial charge in [0.2, 0.25) is 5.88 Å². The third-order valence-electron chi connectivity index (χ3n) is 1.81. The maximum Gasteiger partial charge on any atom is 0.215 e. The summed E-state index contributed by atoms with van der Waals surface area (Å²) in [6.07, 6.45) is 2.12. The Bertz CT molecular complexity index is 330. The number of nitrogens with one attached hydrogen (secondary N) is 1. The van der Waals surface area contributed by atoms with Gasteiger partial charge in [0.15, 0.2) is 0 Å². The number of hydrogen-bond donors (Lipinski definition) is 1. The molecule has 0 aliphatic heterocycles. The highest BCUT2D eigenvalue weighted by atomic mass is 16.5. The van der Waals surface area contributed by atoms with E-state index in [-0.39, 0.29) is 0 Å². The van der Waals surface area contributed by atoms with Gasteiger partial charge in [-0.3, -0.25) is 0 Å². The Morgan fingerprint density at radius 1 is 1.47 bits per heavy atom. The number of rotatable bonds is 5. The summed E-state index contributed by atoms with van der Waals surface area (Å²) in [6, 6.07) is 5.72. The normalized spacial score (nSPS) is 9.53. The van der Waals surface area contributed by atoms with Crippen LogP contribution in [-0.2, 0) is 0 Å². The summed E-state index contributed by atoms with van der Waals surface area (Å²) in [5.74, 6) is 1.51. The molecule has 1 N–H and O–H groups in total. The van der Waals surface area contributed by atoms with Gasteiger partial charge < -0.3 is 10.1 Å². The van der Waals surface area contributed by atoms with Crippen LogP contribution in [0.1, 0.15) is 20.8 Å². The average Bonchev–Trinajstić information content (AvgIpc) is 2.18. The molecule has 1 rings (SSSR count). The number of hydrogen-bond acceptors (Lipinski definition) is 3. The van der Waals surface area contributed by atoms with Gasteiger partial charge in [0, 0.05) is 12.6 Å². The highest BCUT2D eigenvalue weighted by Crippen LogP contribution is 2.10. The lowest BCUT2D eigenvalue weighted by Gasteiger charge is -2.05. The minimum absolute atomic E-state index is 0.643. The molecule has 0 spiro atoms. The Morgan fingerprint density at radius 3 is 2.93 bits per heavy atom. The summed E-state index contributed by atoms with van der Waals surface area (Å²) in [5.41, 5.74) is 1.29. The molecular weight excluding hydrogens is 188 g/mol. The fourth-order valence-corrected chi connectivity index (χ4v) is 1.10. The summed E-state index contributed by atoms with van der Waals surface area (Å²) in [5, 5.41) is 3.21. The fourth-order valence-electron chi connectivity index (χ4n) is 1.10. The van der Waals surface area contributed by atoms with E-state index in [0.29, 0.717) is 12.5 Å². The first-order valence-corrected chi connectivity index (χ1v) is 5.19. The molecule has 0 atom stereocenters. The summed E-state index contributed by atoms with van der Waals surface area (Å²) in [7, 11) is 0. The van der Waals surface area contributed by atoms with E-state index < -0.39 is 0 Å². The van der Waals surface area contributed by atoms with Crippen LogP contribution in [0.15, 0.2) is 29.8 Å². The molecule has 0 aromatic carbocycles. The molecule has 3 nitrogen and oxygen atoms in total. The molecule has 3 heteroatoms. The minimum Gasteiger partial charge on any atom is -0.478 e. The molecule has 82 valence electrons. The smallest absolute Gasteiger partial charge is 0.215 e. The van der Waals surface area contributed by atoms with E-state index in [9.17, 15) is 0 Å². The van der Waals surface area contributed by atoms with Crippen LogP contribution in [0.4, 0.5) is 5.82 Å². The van der Waals surface area contributed by atoms with Crippen molar-refractivity contribution >= 4 is 5.82 Å². The third kappa shape index (κ3) is 4.49. The molecule has 0 radical (unpaired) electrons. The standard InChI is InChI=1S/C12H18N2O/c1-4-15-12-7-5-6-11(14-12)13-9-8-10(2)3/h5-8H,4,9H2,1-3H3,(H,13,14). The fraction of sp³-hybridized carbons (Fsp3) is 0.417. The second kappa shape index (κ2) is 6.06. The molecule has 1 heterocycles. The third-order valence-corrected chi connectivity index (χ3v) is 1.81. The van der Waals surface area contributed by atoms with Crippen LogP contribution < -0.4 is 10.1 Å². The predicted octanol–water partition coefficient (Wildman–Crippen LogP) is 2.86. The van der Waals surface area contributed by atoms with Crippen molar-refractivity contribution in [3.8, 4) is 5.88 Å². The van der Waals surface area contributed by atoms with Crippen LogP contribution in [0.25, 0.3) is 0 Å². The molecule has 0 amide bonds. The number of allylic oxidation sites excluding steroid dienone is 1. The molecule has 0 fully saturated rings. The molecule has 0 aliphatic rings. The Kier molecular flexibility index (Phi) is 4.68. The van der Waals surface area contributed by atoms with Crippen molar-refractivity contribution in [3.63, 3.8) is 0 Å². The molecule has 0 unspecified atom stereocenters. The average molecular weight is 206 g/mol. The van der Waals surface area contributed by atoms with Crippen LogP contribution in [-0.4, -0.2) is 18.1 Å². The van der Waals surface area contributed by atoms with E-state index >= 15 is 0 Å². The van der Waals surface area contributed by atoms with Crippen molar-refractivity contribution < 1.29 is 4.74 Å². The largest absolute Gasteiger partial charge is 0.478 e. The van der Waals surface area contributed by atoms with Crippen molar-refractivity contribution in [2.45, 2.75) is 20.8 Å². The number of pyridine rings is 1. The summed E-state index contributed by atoms with van der Waals surface area (Å²) < 4.78 is 5.31. The summed E-state index contributed by atoms with van der Waals surface area (Å²) >= 11 is 0. The second-order valence-corrected chi connectivity index (χ2v) is 3.46. The number of ether oxygens (including phenoxy) is 1. The van der Waals surface area contributed by atoms with Crippen LogP contribution in [0.2, 0.25) is 0 Å². The molecule has 1 aromatic rings. The van der Waals surface area contributed by atoms with Crippen molar-refractivity contribution in [2.24, 2.45) is 0 Å². The van der Waals surface area contributed by atoms with Crippen molar-refractivity contribution in [1.82, 2.24) is 4.98 Å². The van der Waals surface area contributed by atoms with E-state index in [0.717, 1.165) is 12.4 Å². The Balaban J connectivity index is 2.53. The van der Waals surface area contributed by atoms with E-state index in [1.54, 1.807) is 0 Å². The summed E-state index contributed by atoms with van der Waals surface area (Å²) in [6.45, 7) is 7.54. The van der Waals surface area contributed by atoms with E-state index in [4.69, 9.17) is 4.74 Å². The molecular formula is C12H18N2O. The van der Waals surface area contributed by atoms with E-state index in [1.807, 2.05) is 25.1 Å². The monoisotopic (exact) mass is 206 g/mol. The van der Waals surface area contributed by atoms with Gasteiger partial charge in [0.05, 0.1) is 6.61 Å². The van der Waals surface area contributed by atoms with Crippen molar-refractivity contribution in [1.29, 1.82) is 0 Å². The number of nitrogens with zero attached hydrogens (tertiary/aromatic N) is 1. The lowest BCUT2D eigenvalue weighted by molar-refractivity contribution is 0.327. The highest BCUT2D eigenvalue weighted by molar-refractivity contribution is 5.37. The van der Waals surface area contributed by atoms with Gasteiger partial charge in [0.1, 0.15) is 5.82 Å². The topological polar surface area (TPSA) is 34.1 Å². The first kappa shape index (κ1) is 11.6. The zero-order valence-corrected chi connectivity index (χ0v) is 9.58. The van der Waals surface area contributed by atoms with Crippen LogP contribution >= 0.6 is 0 Å². The Labute approximate surface area is 91.2 Å². The molecule has 0 bridgehead atoms. The molecule has 0 saturated heterocycles. The number of aromatic nitrogens is 1. The van der Waals surface area contributed by atoms with Crippen LogP contribution in [0.5, 0.6) is 5.88 Å². The molecule has 0 aliphatic carbocycles. The van der Waals surface area contributed by atoms with Gasteiger partial charge in [-0.1, -0.05) is 17.7 Å². The molecule has 1 aromatic heterocycles. The second-order valence-electron chi connectivity index (χ2n) is 3.46. The molecule has 0 saturated carbocycles. The van der Waals surface area contributed by atoms with Crippen LogP contribution in [0, 0.1) is 0 Å². The lowest BCUT2D eigenvalue weighted by atomic mass is 10.3. The van der Waals surface area contributed by atoms with Gasteiger partial charge in [0.25, 0.3) is 0 Å². The first-order valence-electron chi connectivity index (χ1n) is 5.19. The van der Waals surface area contributed by atoms with Gasteiger partial charge >= 0.3 is 0 Å². The van der Waals surface area contributed by atoms with Crippen LogP contribution in [0.3, 0.4) is 0 Å². The lowest BCUT2D eigenvalue weighted by Crippen LogP contribution is -2.02. The van der Waals surface area contributed by atoms with Gasteiger partial charge in [-0.15, -0.1) is 0 Å². The zero-order valence-electron chi connectivity index (χ0n) is 9.58. The minimum atomic E-state index is 0.643. The van der Waals surface area contributed by atoms with E-state index in [1.165, 1.54) is 5.57 Å².